The molecule has 2 nitrogen and oxygen atoms in total. The van der Waals surface area contributed by atoms with Crippen molar-refractivity contribution in [2.75, 3.05) is 0 Å². The quantitative estimate of drug-likeness (QED) is 0.696. The van der Waals surface area contributed by atoms with Gasteiger partial charge in [-0.3, -0.25) is 0 Å². The van der Waals surface area contributed by atoms with Crippen LogP contribution in [0.1, 0.15) is 11.1 Å². The van der Waals surface area contributed by atoms with Gasteiger partial charge in [0.05, 0.1) is 0 Å². The van der Waals surface area contributed by atoms with Crippen LogP contribution in [-0.4, -0.2) is 13.7 Å². The highest BCUT2D eigenvalue weighted by Crippen LogP contribution is 2.04. The predicted molar refractivity (Wildman–Crippen MR) is 48.9 cm³/mol. The van der Waals surface area contributed by atoms with Crippen molar-refractivity contribution in [3.05, 3.63) is 41.1 Å². The highest BCUT2D eigenvalue weighted by Gasteiger charge is 1.91. The van der Waals surface area contributed by atoms with Gasteiger partial charge in [0.25, 0.3) is 0 Å². The van der Waals surface area contributed by atoms with Crippen LogP contribution in [0.15, 0.2) is 30.0 Å². The normalized spacial score (nSPS) is 10.4. The molecule has 12 heavy (non-hydrogen) atoms. The molecule has 62 valence electrons. The van der Waals surface area contributed by atoms with Crippen molar-refractivity contribution < 1.29 is 9.26 Å². The molecule has 0 unspecified atom stereocenters. The smallest absolute Gasteiger partial charge is 0.529 e. The van der Waals surface area contributed by atoms with E-state index in [1.165, 1.54) is 11.3 Å². The summed E-state index contributed by atoms with van der Waals surface area (Å²) in [4.78, 5) is 8.53. The Morgan fingerprint density at radius 2 is 1.92 bits per heavy atom. The molecule has 0 aromatic heterocycles. The number of hydrogen-bond acceptors (Lipinski definition) is 1. The van der Waals surface area contributed by atoms with Gasteiger partial charge in [-0.25, -0.2) is 0 Å². The van der Waals surface area contributed by atoms with Crippen molar-refractivity contribution in [3.63, 3.8) is 0 Å². The van der Waals surface area contributed by atoms with Gasteiger partial charge in [0, 0.05) is 0 Å². The maximum Gasteiger partial charge on any atom is 0.529 e. The number of benzene rings is 1. The van der Waals surface area contributed by atoms with Crippen molar-refractivity contribution in [1.82, 2.24) is 0 Å². The molecule has 0 spiro atoms. The Morgan fingerprint density at radius 1 is 1.33 bits per heavy atom. The van der Waals surface area contributed by atoms with Gasteiger partial charge in [-0.1, -0.05) is 35.9 Å². The van der Waals surface area contributed by atoms with Crippen molar-refractivity contribution in [2.45, 2.75) is 6.92 Å². The molecule has 0 aliphatic rings. The minimum absolute atomic E-state index is 0.952. The molecule has 0 amide bonds. The molecular formula is C9H10O2Si. The topological polar surface area (TPSA) is 37.3 Å². The zero-order valence-corrected chi connectivity index (χ0v) is 7.82. The Kier molecular flexibility index (Phi) is 2.93. The number of rotatable bonds is 2. The maximum atomic E-state index is 10.3. The van der Waals surface area contributed by atoms with Gasteiger partial charge in [-0.15, -0.1) is 0 Å². The average molecular weight is 178 g/mol. The zero-order valence-electron chi connectivity index (χ0n) is 6.82. The summed E-state index contributed by atoms with van der Waals surface area (Å²) in [6.45, 7) is 2.00. The van der Waals surface area contributed by atoms with E-state index in [0.717, 1.165) is 5.56 Å². The van der Waals surface area contributed by atoms with E-state index in [1.807, 2.05) is 31.2 Å². The Bertz CT molecular complexity index is 301. The van der Waals surface area contributed by atoms with E-state index in [-0.39, 0.29) is 0 Å². The van der Waals surface area contributed by atoms with Crippen molar-refractivity contribution in [3.8, 4) is 0 Å². The van der Waals surface area contributed by atoms with E-state index in [0.29, 0.717) is 0 Å². The lowest BCUT2D eigenvalue weighted by molar-refractivity contribution is 0.461. The second-order valence-corrected chi connectivity index (χ2v) is 3.59. The second kappa shape index (κ2) is 3.97. The maximum absolute atomic E-state index is 10.3. The molecule has 0 bridgehead atoms. The SMILES string of the molecule is Cc1ccc(/C=C/[Si](=O)O)cc1. The van der Waals surface area contributed by atoms with E-state index >= 15 is 0 Å². The lowest BCUT2D eigenvalue weighted by Crippen LogP contribution is -1.89. The summed E-state index contributed by atoms with van der Waals surface area (Å²) < 4.78 is 10.3. The Balaban J connectivity index is 2.77. The highest BCUT2D eigenvalue weighted by molar-refractivity contribution is 6.41. The van der Waals surface area contributed by atoms with Crippen LogP contribution in [0.3, 0.4) is 0 Å². The summed E-state index contributed by atoms with van der Waals surface area (Å²) in [5.41, 5.74) is 3.45. The van der Waals surface area contributed by atoms with E-state index in [1.54, 1.807) is 6.08 Å². The van der Waals surface area contributed by atoms with Crippen molar-refractivity contribution in [2.24, 2.45) is 0 Å². The molecular weight excluding hydrogens is 168 g/mol. The first-order valence-corrected chi connectivity index (χ1v) is 5.09. The summed E-state index contributed by atoms with van der Waals surface area (Å²) in [7, 11) is -2.47. The van der Waals surface area contributed by atoms with E-state index in [9.17, 15) is 4.46 Å². The van der Waals surface area contributed by atoms with Crippen LogP contribution in [0.2, 0.25) is 0 Å². The molecule has 0 fully saturated rings. The summed E-state index contributed by atoms with van der Waals surface area (Å²) in [5.74, 6) is 0. The van der Waals surface area contributed by atoms with E-state index in [2.05, 4.69) is 0 Å². The summed E-state index contributed by atoms with van der Waals surface area (Å²) in [5, 5.41) is 0. The van der Waals surface area contributed by atoms with Gasteiger partial charge in [0.15, 0.2) is 0 Å². The van der Waals surface area contributed by atoms with Crippen molar-refractivity contribution in [1.29, 1.82) is 0 Å². The van der Waals surface area contributed by atoms with Gasteiger partial charge >= 0.3 is 8.93 Å². The molecule has 0 aliphatic heterocycles. The largest absolute Gasteiger partial charge is 0.537 e. The second-order valence-electron chi connectivity index (χ2n) is 2.58. The predicted octanol–water partition coefficient (Wildman–Crippen LogP) is 1.46. The van der Waals surface area contributed by atoms with E-state index in [4.69, 9.17) is 4.80 Å². The van der Waals surface area contributed by atoms with Gasteiger partial charge in [0.1, 0.15) is 0 Å². The molecule has 0 saturated heterocycles. The van der Waals surface area contributed by atoms with Gasteiger partial charge in [-0.05, 0) is 18.2 Å². The fraction of sp³-hybridized carbons (Fsp3) is 0.111. The first-order valence-electron chi connectivity index (χ1n) is 3.66. The van der Waals surface area contributed by atoms with Crippen LogP contribution in [0.4, 0.5) is 0 Å². The van der Waals surface area contributed by atoms with E-state index < -0.39 is 8.93 Å². The van der Waals surface area contributed by atoms with Crippen LogP contribution in [0.5, 0.6) is 0 Å². The minimum atomic E-state index is -2.47. The molecule has 1 aromatic rings. The zero-order chi connectivity index (χ0) is 8.97. The Hall–Kier alpha value is -1.22. The Morgan fingerprint density at radius 3 is 2.42 bits per heavy atom. The molecule has 1 rings (SSSR count). The van der Waals surface area contributed by atoms with Gasteiger partial charge in [-0.2, -0.15) is 0 Å². The lowest BCUT2D eigenvalue weighted by Gasteiger charge is -1.92. The summed E-state index contributed by atoms with van der Waals surface area (Å²) >= 11 is 0. The number of hydrogen-bond donors (Lipinski definition) is 1. The highest BCUT2D eigenvalue weighted by atomic mass is 28.3. The fourth-order valence-electron chi connectivity index (χ4n) is 0.845. The summed E-state index contributed by atoms with van der Waals surface area (Å²) in [6, 6.07) is 7.76. The molecule has 0 aliphatic carbocycles. The molecule has 3 heteroatoms. The molecule has 0 atom stereocenters. The lowest BCUT2D eigenvalue weighted by atomic mass is 10.2. The van der Waals surface area contributed by atoms with Crippen LogP contribution >= 0.6 is 0 Å². The first kappa shape index (κ1) is 8.87. The minimum Gasteiger partial charge on any atom is -0.537 e. The van der Waals surface area contributed by atoms with Crippen molar-refractivity contribution >= 4 is 15.0 Å². The van der Waals surface area contributed by atoms with Gasteiger partial charge < -0.3 is 9.26 Å². The average Bonchev–Trinajstić information content (AvgIpc) is 2.03. The molecule has 1 aromatic carbocycles. The van der Waals surface area contributed by atoms with Crippen LogP contribution in [0, 0.1) is 6.92 Å². The number of aryl methyl sites for hydroxylation is 1. The van der Waals surface area contributed by atoms with Crippen LogP contribution in [0.25, 0.3) is 6.08 Å². The third kappa shape index (κ3) is 2.80. The molecule has 0 saturated carbocycles. The fourth-order valence-corrected chi connectivity index (χ4v) is 1.18. The monoisotopic (exact) mass is 178 g/mol. The first-order chi connectivity index (χ1) is 5.68. The van der Waals surface area contributed by atoms with Crippen LogP contribution in [-0.2, 0) is 4.46 Å². The third-order valence-electron chi connectivity index (χ3n) is 1.50. The van der Waals surface area contributed by atoms with Gasteiger partial charge in [0.2, 0.25) is 0 Å². The molecule has 0 heterocycles. The summed E-state index contributed by atoms with van der Waals surface area (Å²) in [6.07, 6.45) is 1.65. The molecule has 1 N–H and O–H groups in total. The molecule has 0 radical (unpaired) electrons. The standard InChI is InChI=1S/C9H10O2Si/c1-8-2-4-9(5-3-8)6-7-12(10)11/h2-7,10H,1H3/b7-6+. The van der Waals surface area contributed by atoms with Crippen LogP contribution < -0.4 is 0 Å². The third-order valence-corrected chi connectivity index (χ3v) is 1.95. The Labute approximate surface area is 73.0 Å².